The lowest BCUT2D eigenvalue weighted by atomic mass is 10.0. The molecule has 2 aromatic heterocycles. The maximum absolute atomic E-state index is 5.40. The van der Waals surface area contributed by atoms with E-state index < -0.39 is 0 Å². The Bertz CT molecular complexity index is 835. The van der Waals surface area contributed by atoms with Gasteiger partial charge in [-0.1, -0.05) is 18.2 Å². The van der Waals surface area contributed by atoms with Crippen LogP contribution in [0.3, 0.4) is 0 Å². The second kappa shape index (κ2) is 6.21. The van der Waals surface area contributed by atoms with Crippen molar-refractivity contribution < 1.29 is 4.42 Å². The fourth-order valence-electron chi connectivity index (χ4n) is 3.36. The van der Waals surface area contributed by atoms with Gasteiger partial charge >= 0.3 is 0 Å². The predicted molar refractivity (Wildman–Crippen MR) is 93.5 cm³/mol. The van der Waals surface area contributed by atoms with Crippen LogP contribution < -0.4 is 0 Å². The molecule has 4 heteroatoms. The monoisotopic (exact) mass is 319 g/mol. The molecule has 0 atom stereocenters. The number of fused-ring (bicyclic) bond motifs is 1. The molecule has 4 nitrogen and oxygen atoms in total. The summed E-state index contributed by atoms with van der Waals surface area (Å²) in [6.07, 6.45) is 4.57. The van der Waals surface area contributed by atoms with Crippen LogP contribution in [0.2, 0.25) is 0 Å². The number of aryl methyl sites for hydroxylation is 2. The lowest BCUT2D eigenvalue weighted by Crippen LogP contribution is -2.31. The van der Waals surface area contributed by atoms with E-state index >= 15 is 0 Å². The molecule has 24 heavy (non-hydrogen) atoms. The van der Waals surface area contributed by atoms with Crippen LogP contribution in [-0.4, -0.2) is 21.4 Å². The molecule has 3 aromatic rings. The number of hydrogen-bond donors (Lipinski definition) is 0. The molecule has 3 heterocycles. The van der Waals surface area contributed by atoms with Gasteiger partial charge in [0.2, 0.25) is 0 Å². The zero-order chi connectivity index (χ0) is 16.5. The first-order valence-electron chi connectivity index (χ1n) is 8.37. The van der Waals surface area contributed by atoms with Crippen molar-refractivity contribution in [2.45, 2.75) is 33.4 Å². The Hall–Kier alpha value is -2.46. The summed E-state index contributed by atoms with van der Waals surface area (Å²) in [4.78, 5) is 11.7. The summed E-state index contributed by atoms with van der Waals surface area (Å²) >= 11 is 0. The van der Waals surface area contributed by atoms with Crippen LogP contribution in [-0.2, 0) is 19.5 Å². The molecule has 0 spiro atoms. The van der Waals surface area contributed by atoms with Crippen molar-refractivity contribution in [2.24, 2.45) is 0 Å². The van der Waals surface area contributed by atoms with Gasteiger partial charge < -0.3 is 4.42 Å². The average Bonchev–Trinajstić information content (AvgIpc) is 3.12. The van der Waals surface area contributed by atoms with Gasteiger partial charge in [0.1, 0.15) is 0 Å². The van der Waals surface area contributed by atoms with Crippen molar-refractivity contribution in [1.82, 2.24) is 14.9 Å². The molecule has 1 aliphatic heterocycles. The summed E-state index contributed by atoms with van der Waals surface area (Å²) in [6, 6.07) is 10.3. The summed E-state index contributed by atoms with van der Waals surface area (Å²) < 4.78 is 5.40. The molecule has 0 bridgehead atoms. The van der Waals surface area contributed by atoms with Crippen molar-refractivity contribution >= 4 is 0 Å². The maximum atomic E-state index is 5.40. The second-order valence-electron chi connectivity index (χ2n) is 6.47. The SMILES string of the molecule is Cc1cccc(C)c1CN1CCc2nc(-c3ccco3)ncc2C1. The lowest BCUT2D eigenvalue weighted by molar-refractivity contribution is 0.242. The first-order chi connectivity index (χ1) is 11.7. The minimum Gasteiger partial charge on any atom is -0.461 e. The highest BCUT2D eigenvalue weighted by Crippen LogP contribution is 2.24. The van der Waals surface area contributed by atoms with E-state index in [1.54, 1.807) is 6.26 Å². The van der Waals surface area contributed by atoms with Crippen molar-refractivity contribution in [3.63, 3.8) is 0 Å². The first kappa shape index (κ1) is 15.1. The lowest BCUT2D eigenvalue weighted by Gasteiger charge is -2.29. The van der Waals surface area contributed by atoms with Gasteiger partial charge in [-0.15, -0.1) is 0 Å². The van der Waals surface area contributed by atoms with Crippen LogP contribution in [0.15, 0.2) is 47.2 Å². The Balaban J connectivity index is 1.54. The summed E-state index contributed by atoms with van der Waals surface area (Å²) in [5.41, 5.74) is 6.54. The zero-order valence-electron chi connectivity index (χ0n) is 14.1. The molecular formula is C20H21N3O. The summed E-state index contributed by atoms with van der Waals surface area (Å²) in [5.74, 6) is 1.41. The average molecular weight is 319 g/mol. The van der Waals surface area contributed by atoms with Gasteiger partial charge in [0, 0.05) is 37.8 Å². The topological polar surface area (TPSA) is 42.2 Å². The molecule has 0 aliphatic carbocycles. The number of aromatic nitrogens is 2. The zero-order valence-corrected chi connectivity index (χ0v) is 14.1. The molecule has 0 radical (unpaired) electrons. The smallest absolute Gasteiger partial charge is 0.195 e. The van der Waals surface area contributed by atoms with E-state index in [9.17, 15) is 0 Å². The Morgan fingerprint density at radius 2 is 1.96 bits per heavy atom. The quantitative estimate of drug-likeness (QED) is 0.734. The van der Waals surface area contributed by atoms with Crippen LogP contribution >= 0.6 is 0 Å². The molecule has 1 aromatic carbocycles. The van der Waals surface area contributed by atoms with Crippen LogP contribution in [0.4, 0.5) is 0 Å². The van der Waals surface area contributed by atoms with Gasteiger partial charge in [0.15, 0.2) is 11.6 Å². The molecule has 0 saturated heterocycles. The largest absolute Gasteiger partial charge is 0.461 e. The fourth-order valence-corrected chi connectivity index (χ4v) is 3.36. The summed E-state index contributed by atoms with van der Waals surface area (Å²) in [7, 11) is 0. The van der Waals surface area contributed by atoms with E-state index in [0.29, 0.717) is 5.82 Å². The Kier molecular flexibility index (Phi) is 3.90. The van der Waals surface area contributed by atoms with Crippen molar-refractivity contribution in [3.8, 4) is 11.6 Å². The van der Waals surface area contributed by atoms with E-state index in [4.69, 9.17) is 9.40 Å². The highest BCUT2D eigenvalue weighted by molar-refractivity contribution is 5.47. The van der Waals surface area contributed by atoms with Crippen molar-refractivity contribution in [3.05, 3.63) is 70.7 Å². The normalized spacial score (nSPS) is 14.6. The number of nitrogens with zero attached hydrogens (tertiary/aromatic N) is 3. The third-order valence-corrected chi connectivity index (χ3v) is 4.78. The van der Waals surface area contributed by atoms with Crippen LogP contribution in [0.5, 0.6) is 0 Å². The Morgan fingerprint density at radius 1 is 1.12 bits per heavy atom. The number of hydrogen-bond acceptors (Lipinski definition) is 4. The number of furan rings is 1. The van der Waals surface area contributed by atoms with E-state index in [-0.39, 0.29) is 0 Å². The molecule has 0 amide bonds. The van der Waals surface area contributed by atoms with Gasteiger partial charge in [0.25, 0.3) is 0 Å². The minimum absolute atomic E-state index is 0.682. The fraction of sp³-hybridized carbons (Fsp3) is 0.300. The highest BCUT2D eigenvalue weighted by Gasteiger charge is 2.20. The number of benzene rings is 1. The van der Waals surface area contributed by atoms with Gasteiger partial charge in [-0.05, 0) is 42.7 Å². The van der Waals surface area contributed by atoms with Crippen molar-refractivity contribution in [2.75, 3.05) is 6.54 Å². The molecule has 1 aliphatic rings. The van der Waals surface area contributed by atoms with Gasteiger partial charge in [0.05, 0.1) is 12.0 Å². The molecule has 0 saturated carbocycles. The third-order valence-electron chi connectivity index (χ3n) is 4.78. The molecule has 122 valence electrons. The van der Waals surface area contributed by atoms with Gasteiger partial charge in [-0.2, -0.15) is 0 Å². The number of rotatable bonds is 3. The van der Waals surface area contributed by atoms with Crippen molar-refractivity contribution in [1.29, 1.82) is 0 Å². The highest BCUT2D eigenvalue weighted by atomic mass is 16.3. The van der Waals surface area contributed by atoms with Crippen LogP contribution in [0, 0.1) is 13.8 Å². The summed E-state index contributed by atoms with van der Waals surface area (Å²) in [5, 5.41) is 0. The molecule has 0 fully saturated rings. The van der Waals surface area contributed by atoms with Gasteiger partial charge in [-0.3, -0.25) is 4.90 Å². The second-order valence-corrected chi connectivity index (χ2v) is 6.47. The molecule has 4 rings (SSSR count). The Labute approximate surface area is 142 Å². The first-order valence-corrected chi connectivity index (χ1v) is 8.37. The van der Waals surface area contributed by atoms with E-state index in [2.05, 4.69) is 41.9 Å². The van der Waals surface area contributed by atoms with E-state index in [0.717, 1.165) is 37.5 Å². The standard InChI is InChI=1S/C20H21N3O/c1-14-5-3-6-15(2)17(14)13-23-9-8-18-16(12-23)11-21-20(22-18)19-7-4-10-24-19/h3-7,10-11H,8-9,12-13H2,1-2H3. The van der Waals surface area contributed by atoms with Gasteiger partial charge in [-0.25, -0.2) is 9.97 Å². The van der Waals surface area contributed by atoms with E-state index in [1.165, 1.54) is 22.3 Å². The predicted octanol–water partition coefficient (Wildman–Crippen LogP) is 3.91. The molecule has 0 unspecified atom stereocenters. The maximum Gasteiger partial charge on any atom is 0.195 e. The molecular weight excluding hydrogens is 298 g/mol. The minimum atomic E-state index is 0.682. The molecule has 0 N–H and O–H groups in total. The Morgan fingerprint density at radius 3 is 2.71 bits per heavy atom. The van der Waals surface area contributed by atoms with Crippen LogP contribution in [0.1, 0.15) is 27.9 Å². The third kappa shape index (κ3) is 2.85. The summed E-state index contributed by atoms with van der Waals surface area (Å²) in [6.45, 7) is 7.30. The van der Waals surface area contributed by atoms with Crippen LogP contribution in [0.25, 0.3) is 11.6 Å². The van der Waals surface area contributed by atoms with E-state index in [1.807, 2.05) is 18.3 Å².